The zero-order valence-electron chi connectivity index (χ0n) is 24.4. The van der Waals surface area contributed by atoms with E-state index in [1.165, 1.54) is 30.3 Å². The third-order valence-electron chi connectivity index (χ3n) is 7.29. The maximum atomic E-state index is 13.3. The van der Waals surface area contributed by atoms with Gasteiger partial charge in [-0.3, -0.25) is 19.5 Å². The van der Waals surface area contributed by atoms with Crippen molar-refractivity contribution in [3.05, 3.63) is 119 Å². The topological polar surface area (TPSA) is 101 Å². The van der Waals surface area contributed by atoms with Crippen molar-refractivity contribution in [1.82, 2.24) is 20.5 Å². The highest BCUT2D eigenvalue weighted by atomic mass is 19.4. The van der Waals surface area contributed by atoms with E-state index in [0.29, 0.717) is 11.6 Å². The molecule has 0 radical (unpaired) electrons. The fourth-order valence-electron chi connectivity index (χ4n) is 5.13. The summed E-state index contributed by atoms with van der Waals surface area (Å²) < 4.78 is 44.1. The maximum Gasteiger partial charge on any atom is 0.491 e. The van der Waals surface area contributed by atoms with Gasteiger partial charge in [-0.2, -0.15) is 13.2 Å². The molecule has 0 spiro atoms. The molecular weight excluding hydrogens is 585 g/mol. The monoisotopic (exact) mass is 616 g/mol. The number of para-hydroxylation sites is 1. The first kappa shape index (κ1) is 31.6. The number of hydrogen-bond donors (Lipinski definition) is 2. The zero-order valence-corrected chi connectivity index (χ0v) is 24.4. The van der Waals surface area contributed by atoms with E-state index in [0.717, 1.165) is 43.1 Å². The molecule has 1 amide bonds. The van der Waals surface area contributed by atoms with Crippen LogP contribution in [-0.4, -0.2) is 59.4 Å². The number of rotatable bonds is 9. The molecule has 1 aromatic heterocycles. The lowest BCUT2D eigenvalue weighted by Crippen LogP contribution is -2.48. The Morgan fingerprint density at radius 1 is 0.956 bits per heavy atom. The van der Waals surface area contributed by atoms with E-state index in [4.69, 9.17) is 4.98 Å². The molecule has 8 nitrogen and oxygen atoms in total. The van der Waals surface area contributed by atoms with Gasteiger partial charge in [-0.05, 0) is 42.8 Å². The normalized spacial score (nSPS) is 15.3. The van der Waals surface area contributed by atoms with Crippen molar-refractivity contribution in [1.29, 1.82) is 0 Å². The van der Waals surface area contributed by atoms with Gasteiger partial charge in [-0.25, -0.2) is 4.79 Å². The smallest absolute Gasteiger partial charge is 0.418 e. The number of benzene rings is 3. The van der Waals surface area contributed by atoms with Crippen LogP contribution >= 0.6 is 0 Å². The number of alkyl halides is 3. The third-order valence-corrected chi connectivity index (χ3v) is 7.29. The summed E-state index contributed by atoms with van der Waals surface area (Å²) in [6.07, 6.45) is -5.34. The Morgan fingerprint density at radius 3 is 2.44 bits per heavy atom. The highest BCUT2D eigenvalue weighted by molar-refractivity contribution is 6.13. The minimum Gasteiger partial charge on any atom is -0.418 e. The van der Waals surface area contributed by atoms with Crippen LogP contribution in [0.25, 0.3) is 11.3 Å². The summed E-state index contributed by atoms with van der Waals surface area (Å²) in [6, 6.07) is 25.1. The number of nitrogens with zero attached hydrogens (tertiary/aromatic N) is 2. The first-order chi connectivity index (χ1) is 21.6. The van der Waals surface area contributed by atoms with Crippen LogP contribution in [0.4, 0.5) is 13.2 Å². The Balaban J connectivity index is 1.34. The zero-order chi connectivity index (χ0) is 32.0. The number of carbonyl (C=O) groups is 3. The fraction of sp³-hybridized carbons (Fsp3) is 0.235. The van der Waals surface area contributed by atoms with Crippen molar-refractivity contribution in [3.63, 3.8) is 0 Å². The van der Waals surface area contributed by atoms with E-state index in [2.05, 4.69) is 27.2 Å². The molecule has 1 aliphatic rings. The van der Waals surface area contributed by atoms with E-state index in [-0.39, 0.29) is 23.2 Å². The van der Waals surface area contributed by atoms with Gasteiger partial charge in [0.25, 0.3) is 5.91 Å². The van der Waals surface area contributed by atoms with Gasteiger partial charge in [0.2, 0.25) is 0 Å². The number of hydrogen-bond acceptors (Lipinski definition) is 7. The predicted molar refractivity (Wildman–Crippen MR) is 162 cm³/mol. The molecular formula is C34H31F3N4O4. The van der Waals surface area contributed by atoms with Crippen LogP contribution in [0.5, 0.6) is 5.75 Å². The van der Waals surface area contributed by atoms with Crippen LogP contribution < -0.4 is 15.4 Å². The highest BCUT2D eigenvalue weighted by Gasteiger charge is 2.42. The van der Waals surface area contributed by atoms with Crippen molar-refractivity contribution in [3.8, 4) is 17.0 Å². The Bertz CT molecular complexity index is 1690. The Labute approximate surface area is 258 Å². The van der Waals surface area contributed by atoms with E-state index in [1.54, 1.807) is 24.3 Å². The predicted octanol–water partition coefficient (Wildman–Crippen LogP) is 5.17. The van der Waals surface area contributed by atoms with Gasteiger partial charge in [-0.1, -0.05) is 60.7 Å². The number of halogens is 3. The standard InChI is InChI=1S/C34H31F3N4O4/c1-22-20-41(17-16-38-22)21-26-12-6-15-29(40-26)25-11-5-8-23(18-25)19-39-32(43)28-14-7-13-27(30(42)24-9-3-2-4-10-24)31(28)45-33(44)34(35,36)37/h2-15,18,22,38H,16-17,19-21H2,1H3,(H,39,43)/t22-/m0/s1. The summed E-state index contributed by atoms with van der Waals surface area (Å²) in [4.78, 5) is 45.4. The van der Waals surface area contributed by atoms with Gasteiger partial charge < -0.3 is 15.4 Å². The molecule has 1 saturated heterocycles. The molecule has 0 unspecified atom stereocenters. The van der Waals surface area contributed by atoms with Gasteiger partial charge in [-0.15, -0.1) is 0 Å². The van der Waals surface area contributed by atoms with Crippen LogP contribution in [0, 0.1) is 0 Å². The summed E-state index contributed by atoms with van der Waals surface area (Å²) in [5, 5.41) is 6.10. The number of carbonyl (C=O) groups excluding carboxylic acids is 3. The minimum atomic E-state index is -5.34. The van der Waals surface area contributed by atoms with Gasteiger partial charge in [0, 0.05) is 49.9 Å². The van der Waals surface area contributed by atoms with E-state index < -0.39 is 29.6 Å². The van der Waals surface area contributed by atoms with Gasteiger partial charge in [0.15, 0.2) is 11.5 Å². The molecule has 1 fully saturated rings. The maximum absolute atomic E-state index is 13.3. The molecule has 0 aliphatic carbocycles. The Hall–Kier alpha value is -4.87. The molecule has 3 aromatic carbocycles. The van der Waals surface area contributed by atoms with Crippen LogP contribution in [0.15, 0.2) is 91.0 Å². The molecule has 2 N–H and O–H groups in total. The van der Waals surface area contributed by atoms with Crippen LogP contribution in [0.3, 0.4) is 0 Å². The summed E-state index contributed by atoms with van der Waals surface area (Å²) in [6.45, 7) is 5.68. The van der Waals surface area contributed by atoms with Crippen molar-refractivity contribution >= 4 is 17.7 Å². The SMILES string of the molecule is C[C@H]1CN(Cc2cccc(-c3cccc(CNC(=O)c4cccc(C(=O)c5ccccc5)c4OC(=O)C(F)(F)F)c3)n2)CCN1. The molecule has 45 heavy (non-hydrogen) atoms. The lowest BCUT2D eigenvalue weighted by atomic mass is 9.99. The second-order valence-corrected chi connectivity index (χ2v) is 10.8. The molecule has 232 valence electrons. The van der Waals surface area contributed by atoms with Crippen molar-refractivity contribution in [2.24, 2.45) is 0 Å². The lowest BCUT2D eigenvalue weighted by Gasteiger charge is -2.31. The van der Waals surface area contributed by atoms with Crippen LogP contribution in [0.2, 0.25) is 0 Å². The van der Waals surface area contributed by atoms with Gasteiger partial charge in [0.05, 0.1) is 22.5 Å². The first-order valence-corrected chi connectivity index (χ1v) is 14.4. The van der Waals surface area contributed by atoms with Gasteiger partial charge in [0.1, 0.15) is 0 Å². The van der Waals surface area contributed by atoms with E-state index in [1.807, 2.05) is 36.4 Å². The molecule has 1 atom stereocenters. The van der Waals surface area contributed by atoms with Gasteiger partial charge >= 0.3 is 12.1 Å². The second kappa shape index (κ2) is 13.8. The van der Waals surface area contributed by atoms with Crippen molar-refractivity contribution < 1.29 is 32.3 Å². The van der Waals surface area contributed by atoms with Crippen LogP contribution in [-0.2, 0) is 17.9 Å². The second-order valence-electron chi connectivity index (χ2n) is 10.8. The number of aromatic nitrogens is 1. The number of esters is 1. The van der Waals surface area contributed by atoms with Crippen LogP contribution in [0.1, 0.15) is 44.5 Å². The summed E-state index contributed by atoms with van der Waals surface area (Å²) >= 11 is 0. The summed E-state index contributed by atoms with van der Waals surface area (Å²) in [5.41, 5.74) is 2.64. The summed E-state index contributed by atoms with van der Waals surface area (Å²) in [7, 11) is 0. The van der Waals surface area contributed by atoms with Crippen molar-refractivity contribution in [2.45, 2.75) is 32.2 Å². The van der Waals surface area contributed by atoms with E-state index in [9.17, 15) is 27.6 Å². The number of ether oxygens (including phenoxy) is 1. The summed E-state index contributed by atoms with van der Waals surface area (Å²) in [5.74, 6) is -4.83. The quantitative estimate of drug-likeness (QED) is 0.152. The Kier molecular flexibility index (Phi) is 9.70. The molecule has 1 aliphatic heterocycles. The first-order valence-electron chi connectivity index (χ1n) is 14.4. The number of amides is 1. The molecule has 11 heteroatoms. The average molecular weight is 617 g/mol. The third kappa shape index (κ3) is 8.00. The average Bonchev–Trinajstić information content (AvgIpc) is 3.03. The number of pyridine rings is 1. The molecule has 0 saturated carbocycles. The lowest BCUT2D eigenvalue weighted by molar-refractivity contribution is -0.189. The largest absolute Gasteiger partial charge is 0.491 e. The molecule has 5 rings (SSSR count). The fourth-order valence-corrected chi connectivity index (χ4v) is 5.13. The number of nitrogens with one attached hydrogen (secondary N) is 2. The Morgan fingerprint density at radius 2 is 1.69 bits per heavy atom. The number of ketones is 1. The molecule has 2 heterocycles. The number of piperazine rings is 1. The molecule has 0 bridgehead atoms. The van der Waals surface area contributed by atoms with Crippen molar-refractivity contribution in [2.75, 3.05) is 19.6 Å². The highest BCUT2D eigenvalue weighted by Crippen LogP contribution is 2.30. The molecule has 4 aromatic rings. The van der Waals surface area contributed by atoms with E-state index >= 15 is 0 Å². The minimum absolute atomic E-state index is 0.00848.